The summed E-state index contributed by atoms with van der Waals surface area (Å²) in [4.78, 5) is 26.0. The molecule has 0 bridgehead atoms. The number of nitrogens with one attached hydrogen (secondary N) is 1. The lowest BCUT2D eigenvalue weighted by Crippen LogP contribution is -2.31. The summed E-state index contributed by atoms with van der Waals surface area (Å²) in [7, 11) is 5.97. The molecule has 2 unspecified atom stereocenters. The fraction of sp³-hybridized carbons (Fsp3) is 0.311. The lowest BCUT2D eigenvalue weighted by atomic mass is 9.71. The number of benzene rings is 4. The summed E-state index contributed by atoms with van der Waals surface area (Å²) >= 11 is 0. The number of amides is 1. The number of likely N-dealkylation sites (N-methyl/N-ethyl adjacent to an activating group) is 1. The maximum absolute atomic E-state index is 12.2. The number of anilines is 1. The molecule has 0 aliphatic carbocycles. The molecule has 0 aromatic heterocycles. The van der Waals surface area contributed by atoms with Crippen LogP contribution < -0.4 is 10.2 Å². The van der Waals surface area contributed by atoms with Gasteiger partial charge in [-0.3, -0.25) is 9.59 Å². The van der Waals surface area contributed by atoms with E-state index in [2.05, 4.69) is 158 Å². The third kappa shape index (κ3) is 6.56. The van der Waals surface area contributed by atoms with Crippen LogP contribution in [0.1, 0.15) is 69.9 Å². The van der Waals surface area contributed by atoms with Crippen molar-refractivity contribution in [1.29, 1.82) is 0 Å². The van der Waals surface area contributed by atoms with Gasteiger partial charge in [0.2, 0.25) is 11.6 Å². The standard InChI is InChI=1S/C45H49N3O3/c1-6-45(31-16-24-40(49)46-3)39(48(5)37-29-27-33-19-13-15-21-35(33)43(37)45)23-11-9-7-8-10-22-38-44(2,30-17-25-41(50)51)42-34-20-14-12-18-32(34)26-28-36(42)47(38)4/h7-15,18-23,26-29H,6,16-17,24-25,30-31H2,1-5H3,(H-,46,49,50,51)/p+1. The average molecular weight is 681 g/mol. The second kappa shape index (κ2) is 14.9. The highest BCUT2D eigenvalue weighted by Crippen LogP contribution is 2.54. The number of nitrogens with zero attached hydrogens (tertiary/aromatic N) is 2. The van der Waals surface area contributed by atoms with Crippen molar-refractivity contribution in [2.75, 3.05) is 26.0 Å². The van der Waals surface area contributed by atoms with Crippen LogP contribution >= 0.6 is 0 Å². The number of aliphatic carboxylic acids is 1. The maximum Gasteiger partial charge on any atom is 0.303 e. The van der Waals surface area contributed by atoms with Gasteiger partial charge in [-0.25, -0.2) is 0 Å². The number of hydrogen-bond donors (Lipinski definition) is 2. The van der Waals surface area contributed by atoms with Crippen LogP contribution in [0.2, 0.25) is 0 Å². The first-order chi connectivity index (χ1) is 24.7. The second-order valence-corrected chi connectivity index (χ2v) is 14.1. The molecule has 2 aliphatic heterocycles. The minimum atomic E-state index is -0.758. The fourth-order valence-corrected chi connectivity index (χ4v) is 8.73. The Balaban J connectivity index is 1.27. The highest BCUT2D eigenvalue weighted by atomic mass is 16.4. The first-order valence-electron chi connectivity index (χ1n) is 18.2. The molecule has 2 N–H and O–H groups in total. The summed E-state index contributed by atoms with van der Waals surface area (Å²) in [6.45, 7) is 4.52. The molecular weight excluding hydrogens is 631 g/mol. The van der Waals surface area contributed by atoms with Crippen molar-refractivity contribution >= 4 is 50.5 Å². The van der Waals surface area contributed by atoms with Gasteiger partial charge < -0.3 is 15.3 Å². The monoisotopic (exact) mass is 680 g/mol. The molecule has 4 aromatic carbocycles. The Hall–Kier alpha value is -5.23. The average Bonchev–Trinajstić information content (AvgIpc) is 3.51. The van der Waals surface area contributed by atoms with Crippen molar-refractivity contribution in [3.05, 3.63) is 132 Å². The van der Waals surface area contributed by atoms with Crippen LogP contribution in [0.3, 0.4) is 0 Å². The smallest absolute Gasteiger partial charge is 0.303 e. The van der Waals surface area contributed by atoms with Gasteiger partial charge in [-0.15, -0.1) is 0 Å². The largest absolute Gasteiger partial charge is 0.481 e. The van der Waals surface area contributed by atoms with E-state index in [0.717, 1.165) is 31.4 Å². The number of carbonyl (C=O) groups is 2. The van der Waals surface area contributed by atoms with E-state index < -0.39 is 5.97 Å². The van der Waals surface area contributed by atoms with Gasteiger partial charge in [0.25, 0.3) is 0 Å². The van der Waals surface area contributed by atoms with Crippen LogP contribution in [0.25, 0.3) is 21.5 Å². The quantitative estimate of drug-likeness (QED) is 0.109. The van der Waals surface area contributed by atoms with E-state index in [1.807, 2.05) is 0 Å². The van der Waals surface area contributed by atoms with Crippen molar-refractivity contribution in [2.24, 2.45) is 0 Å². The Bertz CT molecular complexity index is 2140. The summed E-state index contributed by atoms with van der Waals surface area (Å²) in [6, 6.07) is 25.9. The van der Waals surface area contributed by atoms with Crippen LogP contribution in [0.15, 0.2) is 121 Å². The molecule has 6 nitrogen and oxygen atoms in total. The highest BCUT2D eigenvalue weighted by molar-refractivity contribution is 6.08. The molecule has 1 amide bonds. The van der Waals surface area contributed by atoms with Gasteiger partial charge in [-0.05, 0) is 84.3 Å². The molecule has 0 fully saturated rings. The molecule has 6 heteroatoms. The van der Waals surface area contributed by atoms with Crippen molar-refractivity contribution in [1.82, 2.24) is 5.32 Å². The zero-order valence-electron chi connectivity index (χ0n) is 30.6. The molecule has 6 rings (SSSR count). The summed E-state index contributed by atoms with van der Waals surface area (Å²) in [5, 5.41) is 17.1. The molecule has 4 aromatic rings. The van der Waals surface area contributed by atoms with E-state index in [1.165, 1.54) is 49.7 Å². The Morgan fingerprint density at radius 2 is 1.45 bits per heavy atom. The first kappa shape index (κ1) is 35.6. The molecule has 0 saturated heterocycles. The van der Waals surface area contributed by atoms with Crippen molar-refractivity contribution < 1.29 is 19.3 Å². The summed E-state index contributed by atoms with van der Waals surface area (Å²) in [5.41, 5.74) is 6.92. The Kier molecular flexibility index (Phi) is 10.4. The van der Waals surface area contributed by atoms with Crippen LogP contribution in [-0.4, -0.2) is 48.4 Å². The molecule has 51 heavy (non-hydrogen) atoms. The SMILES string of the molecule is CCC1(CCCC(=O)NC)\C(=C/C=C/C=C/C=C/C2=[N+](C)c3ccc4ccccc4c3C2(C)CCCC(=O)O)N(C)c2ccc3ccccc3c21. The predicted octanol–water partition coefficient (Wildman–Crippen LogP) is 9.50. The van der Waals surface area contributed by atoms with Gasteiger partial charge in [0.1, 0.15) is 7.05 Å². The highest BCUT2D eigenvalue weighted by Gasteiger charge is 2.47. The van der Waals surface area contributed by atoms with Crippen molar-refractivity contribution in [3.8, 4) is 0 Å². The van der Waals surface area contributed by atoms with E-state index in [4.69, 9.17) is 0 Å². The molecule has 0 saturated carbocycles. The lowest BCUT2D eigenvalue weighted by molar-refractivity contribution is -0.401. The first-order valence-corrected chi connectivity index (χ1v) is 18.2. The predicted molar refractivity (Wildman–Crippen MR) is 211 cm³/mol. The molecule has 262 valence electrons. The van der Waals surface area contributed by atoms with Gasteiger partial charge in [-0.1, -0.05) is 91.9 Å². The van der Waals surface area contributed by atoms with Gasteiger partial charge in [0.15, 0.2) is 5.71 Å². The Morgan fingerprint density at radius 3 is 2.14 bits per heavy atom. The van der Waals surface area contributed by atoms with Gasteiger partial charge in [0, 0.05) is 61.4 Å². The normalized spacial score (nSPS) is 20.9. The maximum atomic E-state index is 12.2. The van der Waals surface area contributed by atoms with E-state index in [0.29, 0.717) is 12.8 Å². The summed E-state index contributed by atoms with van der Waals surface area (Å²) < 4.78 is 2.26. The molecule has 2 heterocycles. The van der Waals surface area contributed by atoms with Gasteiger partial charge >= 0.3 is 5.97 Å². The topological polar surface area (TPSA) is 72.6 Å². The second-order valence-electron chi connectivity index (χ2n) is 14.1. The van der Waals surface area contributed by atoms with Gasteiger partial charge in [0.05, 0.1) is 5.41 Å². The number of carboxylic acid groups (broad SMARTS) is 1. The molecule has 2 atom stereocenters. The Morgan fingerprint density at radius 1 is 0.824 bits per heavy atom. The lowest BCUT2D eigenvalue weighted by Gasteiger charge is -2.32. The molecule has 0 radical (unpaired) electrons. The van der Waals surface area contributed by atoms with Crippen LogP contribution in [0.5, 0.6) is 0 Å². The van der Waals surface area contributed by atoms with E-state index in [-0.39, 0.29) is 23.2 Å². The van der Waals surface area contributed by atoms with Crippen LogP contribution in [0, 0.1) is 0 Å². The summed E-state index contributed by atoms with van der Waals surface area (Å²) in [5.74, 6) is -0.680. The molecule has 2 aliphatic rings. The third-order valence-corrected chi connectivity index (χ3v) is 11.3. The Labute approximate surface area is 302 Å². The fourth-order valence-electron chi connectivity index (χ4n) is 8.73. The molecular formula is C45H50N3O3+. The van der Waals surface area contributed by atoms with Crippen LogP contribution in [0.4, 0.5) is 11.4 Å². The van der Waals surface area contributed by atoms with Gasteiger partial charge in [-0.2, -0.15) is 4.58 Å². The number of hydrogen-bond acceptors (Lipinski definition) is 3. The van der Waals surface area contributed by atoms with E-state index in [1.54, 1.807) is 7.05 Å². The zero-order valence-corrected chi connectivity index (χ0v) is 30.6. The number of fused-ring (bicyclic) bond motifs is 6. The minimum Gasteiger partial charge on any atom is -0.481 e. The number of rotatable bonds is 13. The van der Waals surface area contributed by atoms with Crippen molar-refractivity contribution in [2.45, 2.75) is 69.6 Å². The zero-order chi connectivity index (χ0) is 36.2. The number of carboxylic acids is 1. The molecule has 0 spiro atoms. The number of allylic oxidation sites excluding steroid dienone is 8. The minimum absolute atomic E-state index is 0.0779. The number of carbonyl (C=O) groups excluding carboxylic acids is 1. The third-order valence-electron chi connectivity index (χ3n) is 11.3. The van der Waals surface area contributed by atoms with E-state index >= 15 is 0 Å². The van der Waals surface area contributed by atoms with Crippen molar-refractivity contribution in [3.63, 3.8) is 0 Å². The summed E-state index contributed by atoms with van der Waals surface area (Å²) in [6.07, 6.45) is 19.5. The van der Waals surface area contributed by atoms with E-state index in [9.17, 15) is 14.7 Å². The van der Waals surface area contributed by atoms with Crippen LogP contribution in [-0.2, 0) is 20.4 Å².